The largest absolute Gasteiger partial charge is 0.456 e. The molecule has 1 aromatic heterocycles. The van der Waals surface area contributed by atoms with Crippen molar-refractivity contribution >= 4 is 63.8 Å². The quantitative estimate of drug-likeness (QED) is 0.131. The predicted molar refractivity (Wildman–Crippen MR) is 170 cm³/mol. The van der Waals surface area contributed by atoms with Crippen molar-refractivity contribution in [3.05, 3.63) is 80.4 Å². The van der Waals surface area contributed by atoms with Gasteiger partial charge >= 0.3 is 18.3 Å². The second kappa shape index (κ2) is 14.1. The van der Waals surface area contributed by atoms with Crippen LogP contribution in [0.25, 0.3) is 17.2 Å². The number of alkyl halides is 6. The van der Waals surface area contributed by atoms with Crippen LogP contribution in [0.2, 0.25) is 0 Å². The maximum absolute atomic E-state index is 13.4. The third-order valence-electron chi connectivity index (χ3n) is 6.70. The van der Waals surface area contributed by atoms with Crippen molar-refractivity contribution in [3.8, 4) is 11.1 Å². The van der Waals surface area contributed by atoms with Gasteiger partial charge in [0.05, 0.1) is 21.6 Å². The Hall–Kier alpha value is -4.64. The van der Waals surface area contributed by atoms with Crippen molar-refractivity contribution < 1.29 is 55.1 Å². The second-order valence-corrected chi connectivity index (χ2v) is 13.6. The van der Waals surface area contributed by atoms with Crippen molar-refractivity contribution in [1.29, 1.82) is 0 Å². The molecular formula is C32H27F6N3O6S2. The van der Waals surface area contributed by atoms with Crippen LogP contribution in [0.15, 0.2) is 58.8 Å². The first-order valence-electron chi connectivity index (χ1n) is 14.2. The first kappa shape index (κ1) is 37.2. The Morgan fingerprint density at radius 2 is 1.51 bits per heavy atom. The fourth-order valence-electron chi connectivity index (χ4n) is 4.49. The van der Waals surface area contributed by atoms with Gasteiger partial charge in [-0.1, -0.05) is 0 Å². The molecule has 4 rings (SSSR count). The number of hydrogen-bond donors (Lipinski definition) is 2. The van der Waals surface area contributed by atoms with Crippen molar-refractivity contribution in [2.75, 3.05) is 5.32 Å². The summed E-state index contributed by atoms with van der Waals surface area (Å²) in [4.78, 5) is 64.3. The van der Waals surface area contributed by atoms with E-state index < -0.39 is 64.1 Å². The molecule has 2 heterocycles. The van der Waals surface area contributed by atoms with Crippen LogP contribution in [-0.4, -0.2) is 45.5 Å². The van der Waals surface area contributed by atoms with Gasteiger partial charge in [-0.15, -0.1) is 11.3 Å². The van der Waals surface area contributed by atoms with Crippen LogP contribution < -0.4 is 11.1 Å². The standard InChI is InChI=1S/C32H27F6N3O6S2/c1-30(2,3)47-28(45)16-4-6-21(7-5-16)40-26(43)23(8-9-25(39)42)41-27(44)24(49-29(41)46)14-22-12-18(15-48-22)17-10-19(31(33,34)35)13-20(11-17)32(36,37)38/h4-7,10-15,23H,8-9H2,1-3H3,(H2,39,42)(H,40,43)/b24-14-/t23-/m0/s1. The molecule has 0 saturated carbocycles. The number of carbonyl (C=O) groups is 5. The molecule has 260 valence electrons. The van der Waals surface area contributed by atoms with E-state index in [1.807, 2.05) is 0 Å². The van der Waals surface area contributed by atoms with Gasteiger partial charge in [-0.2, -0.15) is 26.3 Å². The van der Waals surface area contributed by atoms with Crippen LogP contribution in [0.1, 0.15) is 60.0 Å². The number of thioether (sulfide) groups is 1. The summed E-state index contributed by atoms with van der Waals surface area (Å²) < 4.78 is 85.5. The Morgan fingerprint density at radius 1 is 0.918 bits per heavy atom. The Balaban J connectivity index is 1.57. The molecule has 1 aliphatic heterocycles. The highest BCUT2D eigenvalue weighted by molar-refractivity contribution is 8.18. The Kier molecular flexibility index (Phi) is 10.7. The minimum absolute atomic E-state index is 0.00322. The zero-order valence-electron chi connectivity index (χ0n) is 25.8. The predicted octanol–water partition coefficient (Wildman–Crippen LogP) is 7.72. The number of amides is 4. The summed E-state index contributed by atoms with van der Waals surface area (Å²) >= 11 is 1.34. The van der Waals surface area contributed by atoms with E-state index in [-0.39, 0.29) is 51.1 Å². The van der Waals surface area contributed by atoms with Crippen molar-refractivity contribution in [1.82, 2.24) is 4.90 Å². The van der Waals surface area contributed by atoms with Gasteiger partial charge in [-0.25, -0.2) is 4.79 Å². The number of nitrogens with two attached hydrogens (primary N) is 1. The van der Waals surface area contributed by atoms with E-state index in [2.05, 4.69) is 5.32 Å². The summed E-state index contributed by atoms with van der Waals surface area (Å²) in [5, 5.41) is 2.96. The van der Waals surface area contributed by atoms with Gasteiger partial charge in [0.1, 0.15) is 11.6 Å². The van der Waals surface area contributed by atoms with E-state index in [0.717, 1.165) is 11.3 Å². The molecule has 0 radical (unpaired) electrons. The highest BCUT2D eigenvalue weighted by atomic mass is 32.2. The number of ether oxygens (including phenoxy) is 1. The number of rotatable bonds is 9. The highest BCUT2D eigenvalue weighted by Crippen LogP contribution is 2.41. The van der Waals surface area contributed by atoms with E-state index in [1.54, 1.807) is 20.8 Å². The van der Waals surface area contributed by atoms with Gasteiger partial charge in [0, 0.05) is 17.0 Å². The highest BCUT2D eigenvalue weighted by Gasteiger charge is 2.43. The van der Waals surface area contributed by atoms with Gasteiger partial charge in [-0.3, -0.25) is 24.1 Å². The number of nitrogens with zero attached hydrogens (tertiary/aromatic N) is 1. The lowest BCUT2D eigenvalue weighted by molar-refractivity contribution is -0.143. The van der Waals surface area contributed by atoms with Crippen molar-refractivity contribution in [2.45, 2.75) is 57.6 Å². The molecule has 9 nitrogen and oxygen atoms in total. The summed E-state index contributed by atoms with van der Waals surface area (Å²) in [6.07, 6.45) is -9.58. The van der Waals surface area contributed by atoms with Gasteiger partial charge in [0.15, 0.2) is 0 Å². The number of esters is 1. The monoisotopic (exact) mass is 727 g/mol. The molecule has 3 aromatic rings. The number of primary amides is 1. The number of carbonyl (C=O) groups excluding carboxylic acids is 5. The lowest BCUT2D eigenvalue weighted by Gasteiger charge is -2.24. The molecule has 1 saturated heterocycles. The summed E-state index contributed by atoms with van der Waals surface area (Å²) in [5.41, 5.74) is 1.54. The number of hydrogen-bond acceptors (Lipinski definition) is 8. The van der Waals surface area contributed by atoms with Crippen LogP contribution in [0.3, 0.4) is 0 Å². The molecule has 49 heavy (non-hydrogen) atoms. The number of nitrogens with one attached hydrogen (secondary N) is 1. The minimum atomic E-state index is -5.05. The SMILES string of the molecule is CC(C)(C)OC(=O)c1ccc(NC(=O)[C@H](CCC(N)=O)N2C(=O)S/C(=C\c3cc(-c4cc(C(F)(F)F)cc(C(F)(F)F)c4)cs3)C2=O)cc1. The molecular weight excluding hydrogens is 700 g/mol. The maximum atomic E-state index is 13.4. The van der Waals surface area contributed by atoms with E-state index >= 15 is 0 Å². The number of imide groups is 1. The summed E-state index contributed by atoms with van der Waals surface area (Å²) in [6.45, 7) is 5.08. The summed E-state index contributed by atoms with van der Waals surface area (Å²) in [5.74, 6) is -3.18. The molecule has 3 N–H and O–H groups in total. The number of thiophene rings is 1. The van der Waals surface area contributed by atoms with Crippen LogP contribution >= 0.6 is 23.1 Å². The number of halogens is 6. The molecule has 1 aliphatic rings. The average Bonchev–Trinajstić information content (AvgIpc) is 3.55. The number of benzene rings is 2. The molecule has 17 heteroatoms. The maximum Gasteiger partial charge on any atom is 0.416 e. The van der Waals surface area contributed by atoms with Gasteiger partial charge in [0.2, 0.25) is 11.8 Å². The van der Waals surface area contributed by atoms with Gasteiger partial charge < -0.3 is 15.8 Å². The first-order chi connectivity index (χ1) is 22.6. The lowest BCUT2D eigenvalue weighted by Crippen LogP contribution is -2.47. The summed E-state index contributed by atoms with van der Waals surface area (Å²) in [7, 11) is 0. The first-order valence-corrected chi connectivity index (χ1v) is 15.9. The zero-order valence-corrected chi connectivity index (χ0v) is 27.5. The lowest BCUT2D eigenvalue weighted by atomic mass is 10.0. The van der Waals surface area contributed by atoms with Crippen molar-refractivity contribution in [2.24, 2.45) is 5.73 Å². The van der Waals surface area contributed by atoms with E-state index in [4.69, 9.17) is 10.5 Å². The molecule has 0 bridgehead atoms. The number of anilines is 1. The molecule has 0 aliphatic carbocycles. The van der Waals surface area contributed by atoms with Gasteiger partial charge in [-0.05, 0) is 110 Å². The molecule has 1 atom stereocenters. The average molecular weight is 728 g/mol. The molecule has 0 unspecified atom stereocenters. The third kappa shape index (κ3) is 9.50. The zero-order chi connectivity index (χ0) is 36.5. The van der Waals surface area contributed by atoms with E-state index in [1.165, 1.54) is 41.8 Å². The smallest absolute Gasteiger partial charge is 0.416 e. The molecule has 4 amide bonds. The molecule has 1 fully saturated rings. The Labute approximate surface area is 283 Å². The fraction of sp³-hybridized carbons (Fsp3) is 0.281. The van der Waals surface area contributed by atoms with Gasteiger partial charge in [0.25, 0.3) is 11.1 Å². The summed E-state index contributed by atoms with van der Waals surface area (Å²) in [6, 6.07) is 6.49. The van der Waals surface area contributed by atoms with Crippen LogP contribution in [0, 0.1) is 0 Å². The minimum Gasteiger partial charge on any atom is -0.456 e. The fourth-order valence-corrected chi connectivity index (χ4v) is 6.28. The third-order valence-corrected chi connectivity index (χ3v) is 8.47. The normalized spacial score (nSPS) is 15.4. The van der Waals surface area contributed by atoms with Crippen LogP contribution in [0.4, 0.5) is 36.8 Å². The second-order valence-electron chi connectivity index (χ2n) is 11.7. The Morgan fingerprint density at radius 3 is 2.04 bits per heavy atom. The van der Waals surface area contributed by atoms with Crippen LogP contribution in [0.5, 0.6) is 0 Å². The Bertz CT molecular complexity index is 1800. The van der Waals surface area contributed by atoms with Crippen molar-refractivity contribution in [3.63, 3.8) is 0 Å². The van der Waals surface area contributed by atoms with Crippen LogP contribution in [-0.2, 0) is 31.5 Å². The van der Waals surface area contributed by atoms with E-state index in [0.29, 0.717) is 28.8 Å². The topological polar surface area (TPSA) is 136 Å². The van der Waals surface area contributed by atoms with E-state index in [9.17, 15) is 50.3 Å². The molecule has 2 aromatic carbocycles. The molecule has 0 spiro atoms.